The van der Waals surface area contributed by atoms with Crippen LogP contribution >= 0.6 is 0 Å². The number of nitrogens with zero attached hydrogens (tertiary/aromatic N) is 4. The average molecular weight is 458 g/mol. The van der Waals surface area contributed by atoms with Gasteiger partial charge in [-0.2, -0.15) is 5.26 Å². The van der Waals surface area contributed by atoms with Crippen LogP contribution in [0.4, 0.5) is 5.69 Å². The molecule has 0 bridgehead atoms. The minimum absolute atomic E-state index is 0.474. The molecular weight excluding hydrogens is 422 g/mol. The molecule has 6 nitrogen and oxygen atoms in total. The maximum atomic E-state index is 9.52. The summed E-state index contributed by atoms with van der Waals surface area (Å²) in [6.07, 6.45) is 2.84. The summed E-state index contributed by atoms with van der Waals surface area (Å²) in [4.78, 5) is 9.88. The van der Waals surface area contributed by atoms with E-state index in [1.807, 2.05) is 24.3 Å². The lowest BCUT2D eigenvalue weighted by atomic mass is 9.95. The molecule has 2 aliphatic rings. The molecule has 4 rings (SSSR count). The predicted molar refractivity (Wildman–Crippen MR) is 139 cm³/mol. The third-order valence-corrected chi connectivity index (χ3v) is 6.91. The van der Waals surface area contributed by atoms with Crippen molar-refractivity contribution in [2.75, 3.05) is 37.7 Å². The number of rotatable bonds is 7. The van der Waals surface area contributed by atoms with E-state index < -0.39 is 5.66 Å². The van der Waals surface area contributed by atoms with Crippen LogP contribution in [0.5, 0.6) is 0 Å². The van der Waals surface area contributed by atoms with Gasteiger partial charge in [0.15, 0.2) is 0 Å². The van der Waals surface area contributed by atoms with Gasteiger partial charge < -0.3 is 15.4 Å². The van der Waals surface area contributed by atoms with Gasteiger partial charge in [-0.3, -0.25) is 4.90 Å². The van der Waals surface area contributed by atoms with E-state index in [-0.39, 0.29) is 0 Å². The Bertz CT molecular complexity index is 1110. The van der Waals surface area contributed by atoms with Crippen LogP contribution in [0.25, 0.3) is 11.1 Å². The van der Waals surface area contributed by atoms with Crippen molar-refractivity contribution in [2.45, 2.75) is 45.7 Å². The Morgan fingerprint density at radius 1 is 1.12 bits per heavy atom. The van der Waals surface area contributed by atoms with Gasteiger partial charge in [0.2, 0.25) is 0 Å². The number of allylic oxidation sites excluding steroid dienone is 1. The van der Waals surface area contributed by atoms with Crippen LogP contribution in [0, 0.1) is 11.3 Å². The summed E-state index contributed by atoms with van der Waals surface area (Å²) in [7, 11) is 0. The monoisotopic (exact) mass is 457 g/mol. The molecule has 2 aromatic carbocycles. The van der Waals surface area contributed by atoms with E-state index in [4.69, 9.17) is 15.5 Å². The Balaban J connectivity index is 1.69. The lowest BCUT2D eigenvalue weighted by Gasteiger charge is -2.46. The summed E-state index contributed by atoms with van der Waals surface area (Å²) in [6.45, 7) is 10.9. The molecule has 0 saturated carbocycles. The van der Waals surface area contributed by atoms with Crippen LogP contribution in [0.2, 0.25) is 0 Å². The van der Waals surface area contributed by atoms with E-state index >= 15 is 0 Å². The summed E-state index contributed by atoms with van der Waals surface area (Å²) >= 11 is 0. The van der Waals surface area contributed by atoms with Crippen molar-refractivity contribution in [3.8, 4) is 17.2 Å². The van der Waals surface area contributed by atoms with Crippen molar-refractivity contribution in [3.63, 3.8) is 0 Å². The van der Waals surface area contributed by atoms with Crippen molar-refractivity contribution in [1.29, 1.82) is 5.26 Å². The van der Waals surface area contributed by atoms with E-state index in [9.17, 15) is 5.26 Å². The Morgan fingerprint density at radius 3 is 2.50 bits per heavy atom. The van der Waals surface area contributed by atoms with Crippen molar-refractivity contribution in [1.82, 2.24) is 4.90 Å². The van der Waals surface area contributed by atoms with Crippen LogP contribution in [0.1, 0.15) is 45.6 Å². The molecule has 1 unspecified atom stereocenters. The van der Waals surface area contributed by atoms with Gasteiger partial charge in [0, 0.05) is 43.0 Å². The Labute approximate surface area is 203 Å². The molecule has 178 valence electrons. The van der Waals surface area contributed by atoms with Crippen LogP contribution in [-0.4, -0.2) is 49.2 Å². The molecule has 2 heterocycles. The number of ether oxygens (including phenoxy) is 1. The van der Waals surface area contributed by atoms with E-state index in [0.717, 1.165) is 74.5 Å². The van der Waals surface area contributed by atoms with E-state index in [2.05, 4.69) is 60.9 Å². The van der Waals surface area contributed by atoms with Crippen molar-refractivity contribution >= 4 is 11.5 Å². The molecule has 0 amide bonds. The third-order valence-electron chi connectivity index (χ3n) is 6.91. The van der Waals surface area contributed by atoms with Gasteiger partial charge in [-0.05, 0) is 49.6 Å². The standard InChI is InChI=1S/C28H35N5O/c1-4-7-26-21(2)27(30)31-28(3,14-15-32-16-18-34-19-17-32)33(26)24-12-10-22(11-13-24)25-9-6-5-8-23(25)20-29/h5-6,8-13H,4,7,14-19H2,1-3H3,(H2,30,31). The van der Waals surface area contributed by atoms with Crippen LogP contribution in [0.15, 0.2) is 64.8 Å². The zero-order chi connectivity index (χ0) is 24.1. The highest BCUT2D eigenvalue weighted by molar-refractivity contribution is 5.99. The number of nitriles is 1. The van der Waals surface area contributed by atoms with Gasteiger partial charge in [0.05, 0.1) is 24.8 Å². The highest BCUT2D eigenvalue weighted by Gasteiger charge is 2.38. The van der Waals surface area contributed by atoms with Crippen molar-refractivity contribution in [3.05, 3.63) is 65.4 Å². The quantitative estimate of drug-likeness (QED) is 0.639. The number of morpholine rings is 1. The lowest BCUT2D eigenvalue weighted by Crippen LogP contribution is -2.52. The fourth-order valence-electron chi connectivity index (χ4n) is 4.95. The molecule has 0 spiro atoms. The molecule has 2 aliphatic heterocycles. The zero-order valence-corrected chi connectivity index (χ0v) is 20.6. The minimum Gasteiger partial charge on any atom is -0.384 e. The second-order valence-corrected chi connectivity index (χ2v) is 9.28. The first-order valence-corrected chi connectivity index (χ1v) is 12.2. The maximum absolute atomic E-state index is 9.52. The molecular formula is C28H35N5O. The largest absolute Gasteiger partial charge is 0.384 e. The van der Waals surface area contributed by atoms with Gasteiger partial charge in [-0.15, -0.1) is 0 Å². The Kier molecular flexibility index (Phi) is 7.35. The minimum atomic E-state index is -0.474. The maximum Gasteiger partial charge on any atom is 0.136 e. The predicted octanol–water partition coefficient (Wildman–Crippen LogP) is 4.92. The first-order chi connectivity index (χ1) is 16.5. The fourth-order valence-corrected chi connectivity index (χ4v) is 4.95. The van der Waals surface area contributed by atoms with Gasteiger partial charge in [-0.1, -0.05) is 43.7 Å². The molecule has 2 aromatic rings. The number of aliphatic imine (C=N–C) groups is 1. The van der Waals surface area contributed by atoms with Crippen LogP contribution in [-0.2, 0) is 4.74 Å². The molecule has 1 saturated heterocycles. The summed E-state index contributed by atoms with van der Waals surface area (Å²) in [6, 6.07) is 18.5. The van der Waals surface area contributed by atoms with Crippen molar-refractivity contribution in [2.24, 2.45) is 10.7 Å². The fraction of sp³-hybridized carbons (Fsp3) is 0.429. The van der Waals surface area contributed by atoms with E-state index in [0.29, 0.717) is 11.4 Å². The number of hydrogen-bond donors (Lipinski definition) is 1. The second-order valence-electron chi connectivity index (χ2n) is 9.28. The number of hydrogen-bond acceptors (Lipinski definition) is 6. The highest BCUT2D eigenvalue weighted by Crippen LogP contribution is 2.39. The molecule has 0 radical (unpaired) electrons. The molecule has 0 aromatic heterocycles. The molecule has 2 N–H and O–H groups in total. The van der Waals surface area contributed by atoms with Crippen molar-refractivity contribution < 1.29 is 4.74 Å². The Hall–Kier alpha value is -3.14. The van der Waals surface area contributed by atoms with Gasteiger partial charge in [-0.25, -0.2) is 4.99 Å². The SMILES string of the molecule is CCCC1=C(C)C(N)=NC(C)(CCN2CCOCC2)N1c1ccc(-c2ccccc2C#N)cc1. The summed E-state index contributed by atoms with van der Waals surface area (Å²) in [5, 5.41) is 9.52. The molecule has 34 heavy (non-hydrogen) atoms. The van der Waals surface area contributed by atoms with Gasteiger partial charge in [0.1, 0.15) is 11.5 Å². The molecule has 1 atom stereocenters. The Morgan fingerprint density at radius 2 is 1.82 bits per heavy atom. The molecule has 1 fully saturated rings. The highest BCUT2D eigenvalue weighted by atomic mass is 16.5. The number of benzene rings is 2. The zero-order valence-electron chi connectivity index (χ0n) is 20.6. The smallest absolute Gasteiger partial charge is 0.136 e. The van der Waals surface area contributed by atoms with Gasteiger partial charge in [0.25, 0.3) is 0 Å². The normalized spacial score (nSPS) is 21.4. The lowest BCUT2D eigenvalue weighted by molar-refractivity contribution is 0.0349. The summed E-state index contributed by atoms with van der Waals surface area (Å²) in [5.41, 5.74) is 12.1. The van der Waals surface area contributed by atoms with Gasteiger partial charge >= 0.3 is 0 Å². The first-order valence-electron chi connectivity index (χ1n) is 12.2. The number of amidine groups is 1. The number of anilines is 1. The molecule has 0 aliphatic carbocycles. The number of nitrogens with two attached hydrogens (primary N) is 1. The second kappa shape index (κ2) is 10.4. The first kappa shape index (κ1) is 24.0. The average Bonchev–Trinajstić information content (AvgIpc) is 2.87. The summed E-state index contributed by atoms with van der Waals surface area (Å²) < 4.78 is 5.52. The third kappa shape index (κ3) is 4.86. The molecule has 6 heteroatoms. The topological polar surface area (TPSA) is 77.9 Å². The van der Waals surface area contributed by atoms with Crippen LogP contribution in [0.3, 0.4) is 0 Å². The summed E-state index contributed by atoms with van der Waals surface area (Å²) in [5.74, 6) is 0.642. The van der Waals surface area contributed by atoms with E-state index in [1.54, 1.807) is 0 Å². The van der Waals surface area contributed by atoms with Crippen LogP contribution < -0.4 is 10.6 Å². The van der Waals surface area contributed by atoms with E-state index in [1.165, 1.54) is 5.70 Å².